The predicted molar refractivity (Wildman–Crippen MR) is 103 cm³/mol. The molecule has 0 saturated carbocycles. The summed E-state index contributed by atoms with van der Waals surface area (Å²) in [6.07, 6.45) is 5.08. The van der Waals surface area contributed by atoms with Crippen molar-refractivity contribution in [3.63, 3.8) is 0 Å². The van der Waals surface area contributed by atoms with Crippen molar-refractivity contribution in [2.45, 2.75) is 59.4 Å². The molecule has 1 heterocycles. The second-order valence-electron chi connectivity index (χ2n) is 8.08. The molecule has 144 valence electrons. The first kappa shape index (κ1) is 21.9. The van der Waals surface area contributed by atoms with Gasteiger partial charge in [-0.05, 0) is 71.5 Å². The van der Waals surface area contributed by atoms with E-state index in [0.29, 0.717) is 6.04 Å². The molecule has 4 nitrogen and oxygen atoms in total. The van der Waals surface area contributed by atoms with Crippen molar-refractivity contribution in [1.82, 2.24) is 9.80 Å². The standard InChI is InChI=1S/C20H42N2O2/c1-18(2)7-6-13-23-15-16-24-14-12-22-10-8-20(9-11-22)17-21(5)19(3)4/h18-20H,6-17H2,1-5H3. The van der Waals surface area contributed by atoms with Crippen LogP contribution in [0.25, 0.3) is 0 Å². The lowest BCUT2D eigenvalue weighted by Gasteiger charge is -2.34. The van der Waals surface area contributed by atoms with Crippen LogP contribution in [0, 0.1) is 11.8 Å². The van der Waals surface area contributed by atoms with Gasteiger partial charge in [-0.1, -0.05) is 13.8 Å². The number of nitrogens with zero attached hydrogens (tertiary/aromatic N) is 2. The van der Waals surface area contributed by atoms with Crippen molar-refractivity contribution in [1.29, 1.82) is 0 Å². The molecule has 24 heavy (non-hydrogen) atoms. The molecule has 0 amide bonds. The molecule has 0 spiro atoms. The van der Waals surface area contributed by atoms with E-state index < -0.39 is 0 Å². The molecule has 0 aromatic carbocycles. The summed E-state index contributed by atoms with van der Waals surface area (Å²) in [5, 5.41) is 0. The highest BCUT2D eigenvalue weighted by atomic mass is 16.5. The molecule has 1 aliphatic rings. The molecule has 1 saturated heterocycles. The van der Waals surface area contributed by atoms with E-state index in [1.54, 1.807) is 0 Å². The van der Waals surface area contributed by atoms with E-state index in [-0.39, 0.29) is 0 Å². The third-order valence-electron chi connectivity index (χ3n) is 5.13. The summed E-state index contributed by atoms with van der Waals surface area (Å²) in [7, 11) is 2.25. The fourth-order valence-electron chi connectivity index (χ4n) is 3.12. The molecule has 0 atom stereocenters. The molecule has 0 aromatic heterocycles. The Hall–Kier alpha value is -0.160. The summed E-state index contributed by atoms with van der Waals surface area (Å²) in [6, 6.07) is 0.657. The van der Waals surface area contributed by atoms with Crippen LogP contribution < -0.4 is 0 Å². The van der Waals surface area contributed by atoms with Crippen LogP contribution in [0.1, 0.15) is 53.4 Å². The van der Waals surface area contributed by atoms with E-state index in [9.17, 15) is 0 Å². The Morgan fingerprint density at radius 1 is 0.958 bits per heavy atom. The molecule has 0 N–H and O–H groups in total. The molecule has 1 aliphatic heterocycles. The van der Waals surface area contributed by atoms with Crippen LogP contribution in [0.5, 0.6) is 0 Å². The summed E-state index contributed by atoms with van der Waals surface area (Å²) in [4.78, 5) is 5.03. The molecule has 0 unspecified atom stereocenters. The first-order valence-electron chi connectivity index (χ1n) is 10.1. The zero-order valence-corrected chi connectivity index (χ0v) is 16.9. The number of piperidine rings is 1. The quantitative estimate of drug-likeness (QED) is 0.478. The third-order valence-corrected chi connectivity index (χ3v) is 5.13. The van der Waals surface area contributed by atoms with Crippen molar-refractivity contribution in [2.24, 2.45) is 11.8 Å². The van der Waals surface area contributed by atoms with Gasteiger partial charge in [0.1, 0.15) is 0 Å². The SMILES string of the molecule is CC(C)CCCOCCOCCN1CCC(CN(C)C(C)C)CC1. The van der Waals surface area contributed by atoms with Crippen molar-refractivity contribution in [3.8, 4) is 0 Å². The normalized spacial score (nSPS) is 17.5. The summed E-state index contributed by atoms with van der Waals surface area (Å²) in [6.45, 7) is 17.0. The maximum absolute atomic E-state index is 5.71. The maximum atomic E-state index is 5.71. The number of hydrogen-bond donors (Lipinski definition) is 0. The Kier molecular flexibility index (Phi) is 11.9. The highest BCUT2D eigenvalue weighted by molar-refractivity contribution is 4.75. The van der Waals surface area contributed by atoms with Crippen molar-refractivity contribution >= 4 is 0 Å². The Morgan fingerprint density at radius 3 is 2.17 bits per heavy atom. The van der Waals surface area contributed by atoms with Gasteiger partial charge in [-0.15, -0.1) is 0 Å². The summed E-state index contributed by atoms with van der Waals surface area (Å²) in [5.41, 5.74) is 0. The van der Waals surface area contributed by atoms with E-state index >= 15 is 0 Å². The second-order valence-corrected chi connectivity index (χ2v) is 8.08. The lowest BCUT2D eigenvalue weighted by molar-refractivity contribution is 0.0320. The largest absolute Gasteiger partial charge is 0.379 e. The van der Waals surface area contributed by atoms with Crippen molar-refractivity contribution < 1.29 is 9.47 Å². The minimum Gasteiger partial charge on any atom is -0.379 e. The van der Waals surface area contributed by atoms with Gasteiger partial charge in [-0.2, -0.15) is 0 Å². The molecule has 0 radical (unpaired) electrons. The minimum atomic E-state index is 0.657. The van der Waals surface area contributed by atoms with Crippen LogP contribution in [-0.4, -0.2) is 75.5 Å². The van der Waals surface area contributed by atoms with E-state index in [2.05, 4.69) is 44.5 Å². The van der Waals surface area contributed by atoms with Gasteiger partial charge in [0.05, 0.1) is 19.8 Å². The van der Waals surface area contributed by atoms with Crippen LogP contribution in [-0.2, 0) is 9.47 Å². The van der Waals surface area contributed by atoms with E-state index in [4.69, 9.17) is 9.47 Å². The van der Waals surface area contributed by atoms with Gasteiger partial charge in [0.25, 0.3) is 0 Å². The van der Waals surface area contributed by atoms with Gasteiger partial charge >= 0.3 is 0 Å². The molecule has 0 bridgehead atoms. The zero-order valence-electron chi connectivity index (χ0n) is 16.9. The number of likely N-dealkylation sites (tertiary alicyclic amines) is 1. The van der Waals surface area contributed by atoms with E-state index in [1.165, 1.54) is 45.3 Å². The Balaban J connectivity index is 1.91. The number of rotatable bonds is 13. The first-order valence-corrected chi connectivity index (χ1v) is 10.1. The van der Waals surface area contributed by atoms with Gasteiger partial charge < -0.3 is 19.3 Å². The third kappa shape index (κ3) is 10.7. The maximum Gasteiger partial charge on any atom is 0.0701 e. The fourth-order valence-corrected chi connectivity index (χ4v) is 3.12. The van der Waals surface area contributed by atoms with Crippen LogP contribution in [0.4, 0.5) is 0 Å². The molecular formula is C20H42N2O2. The summed E-state index contributed by atoms with van der Waals surface area (Å²) >= 11 is 0. The van der Waals surface area contributed by atoms with Gasteiger partial charge in [0.2, 0.25) is 0 Å². The average Bonchev–Trinajstić information content (AvgIpc) is 2.54. The monoisotopic (exact) mass is 342 g/mol. The van der Waals surface area contributed by atoms with Crippen LogP contribution in [0.2, 0.25) is 0 Å². The summed E-state index contributed by atoms with van der Waals surface area (Å²) in [5.74, 6) is 1.65. The van der Waals surface area contributed by atoms with E-state index in [1.807, 2.05) is 0 Å². The Labute approximate surface area is 150 Å². The van der Waals surface area contributed by atoms with Crippen LogP contribution in [0.3, 0.4) is 0 Å². The molecule has 0 aliphatic carbocycles. The molecule has 0 aromatic rings. The highest BCUT2D eigenvalue weighted by Gasteiger charge is 2.20. The minimum absolute atomic E-state index is 0.657. The van der Waals surface area contributed by atoms with Gasteiger partial charge in [-0.25, -0.2) is 0 Å². The molecule has 4 heteroatoms. The lowest BCUT2D eigenvalue weighted by atomic mass is 9.96. The predicted octanol–water partition coefficient (Wildman–Crippen LogP) is 3.51. The zero-order chi connectivity index (χ0) is 17.8. The smallest absolute Gasteiger partial charge is 0.0701 e. The van der Waals surface area contributed by atoms with Gasteiger partial charge in [-0.3, -0.25) is 0 Å². The van der Waals surface area contributed by atoms with Gasteiger partial charge in [0.15, 0.2) is 0 Å². The van der Waals surface area contributed by atoms with Crippen molar-refractivity contribution in [3.05, 3.63) is 0 Å². The van der Waals surface area contributed by atoms with Crippen LogP contribution in [0.15, 0.2) is 0 Å². The Morgan fingerprint density at radius 2 is 1.58 bits per heavy atom. The average molecular weight is 343 g/mol. The van der Waals surface area contributed by atoms with E-state index in [0.717, 1.165) is 44.8 Å². The number of ether oxygens (including phenoxy) is 2. The lowest BCUT2D eigenvalue weighted by Crippen LogP contribution is -2.40. The summed E-state index contributed by atoms with van der Waals surface area (Å²) < 4.78 is 11.3. The van der Waals surface area contributed by atoms with Gasteiger partial charge in [0, 0.05) is 25.7 Å². The molecule has 1 rings (SSSR count). The fraction of sp³-hybridized carbons (Fsp3) is 1.00. The number of hydrogen-bond acceptors (Lipinski definition) is 4. The topological polar surface area (TPSA) is 24.9 Å². The Bertz CT molecular complexity index is 289. The van der Waals surface area contributed by atoms with Crippen LogP contribution >= 0.6 is 0 Å². The highest BCUT2D eigenvalue weighted by Crippen LogP contribution is 2.18. The second kappa shape index (κ2) is 13.1. The molecule has 1 fully saturated rings. The van der Waals surface area contributed by atoms with Crippen molar-refractivity contribution in [2.75, 3.05) is 59.7 Å². The molecular weight excluding hydrogens is 300 g/mol. The first-order chi connectivity index (χ1) is 11.5.